The Morgan fingerprint density at radius 3 is 2.78 bits per heavy atom. The van der Waals surface area contributed by atoms with Gasteiger partial charge in [0.25, 0.3) is 0 Å². The number of hydrogen-bond donors (Lipinski definition) is 2. The van der Waals surface area contributed by atoms with Gasteiger partial charge in [0, 0.05) is 30.4 Å². The van der Waals surface area contributed by atoms with Crippen molar-refractivity contribution in [1.82, 2.24) is 19.7 Å². The van der Waals surface area contributed by atoms with E-state index in [4.69, 9.17) is 5.73 Å². The lowest BCUT2D eigenvalue weighted by Gasteiger charge is -2.08. The zero-order valence-corrected chi connectivity index (χ0v) is 12.2. The molecule has 0 amide bonds. The Bertz CT molecular complexity index is 815. The second kappa shape index (κ2) is 5.35. The van der Waals surface area contributed by atoms with E-state index in [-0.39, 0.29) is 17.8 Å². The first-order valence-electron chi connectivity index (χ1n) is 7.35. The van der Waals surface area contributed by atoms with Gasteiger partial charge in [-0.15, -0.1) is 0 Å². The van der Waals surface area contributed by atoms with Crippen molar-refractivity contribution in [2.24, 2.45) is 0 Å². The molecule has 0 bridgehead atoms. The largest absolute Gasteiger partial charge is 0.368 e. The number of halogens is 1. The van der Waals surface area contributed by atoms with Crippen molar-refractivity contribution in [3.63, 3.8) is 0 Å². The van der Waals surface area contributed by atoms with Gasteiger partial charge in [-0.25, -0.2) is 9.07 Å². The lowest BCUT2D eigenvalue weighted by Crippen LogP contribution is -2.10. The summed E-state index contributed by atoms with van der Waals surface area (Å²) in [6.07, 6.45) is 4.45. The number of rotatable bonds is 4. The molecule has 2 atom stereocenters. The summed E-state index contributed by atoms with van der Waals surface area (Å²) in [5, 5.41) is 7.50. The lowest BCUT2D eigenvalue weighted by atomic mass is 10.1. The van der Waals surface area contributed by atoms with Crippen LogP contribution in [0, 0.1) is 5.82 Å². The lowest BCUT2D eigenvalue weighted by molar-refractivity contribution is 0.627. The van der Waals surface area contributed by atoms with Gasteiger partial charge in [-0.3, -0.25) is 0 Å². The van der Waals surface area contributed by atoms with Crippen molar-refractivity contribution >= 4 is 11.8 Å². The SMILES string of the molecule is Nc1nc(N[C@@H]2C[C@H]2c2ccc(F)cc2)cc(-n2cccn2)n1. The molecule has 7 heteroatoms. The number of nitrogens with zero attached hydrogens (tertiary/aromatic N) is 4. The fraction of sp³-hybridized carbons (Fsp3) is 0.188. The molecule has 3 N–H and O–H groups in total. The number of nitrogens with one attached hydrogen (secondary N) is 1. The number of benzene rings is 1. The Kier molecular flexibility index (Phi) is 3.18. The minimum absolute atomic E-state index is 0.194. The van der Waals surface area contributed by atoms with Crippen LogP contribution in [-0.4, -0.2) is 25.8 Å². The number of anilines is 2. The third kappa shape index (κ3) is 2.85. The Balaban J connectivity index is 1.51. The van der Waals surface area contributed by atoms with E-state index in [0.717, 1.165) is 12.0 Å². The molecule has 0 unspecified atom stereocenters. The molecule has 1 aliphatic rings. The van der Waals surface area contributed by atoms with Crippen molar-refractivity contribution in [2.45, 2.75) is 18.4 Å². The molecule has 1 saturated carbocycles. The van der Waals surface area contributed by atoms with Crippen LogP contribution in [0.4, 0.5) is 16.2 Å². The fourth-order valence-corrected chi connectivity index (χ4v) is 2.67. The average Bonchev–Trinajstić information content (AvgIpc) is 3.08. The first-order chi connectivity index (χ1) is 11.2. The minimum atomic E-state index is -0.216. The van der Waals surface area contributed by atoms with Crippen LogP contribution < -0.4 is 11.1 Å². The van der Waals surface area contributed by atoms with Gasteiger partial charge < -0.3 is 11.1 Å². The zero-order valence-electron chi connectivity index (χ0n) is 12.2. The van der Waals surface area contributed by atoms with Gasteiger partial charge in [-0.05, 0) is 30.2 Å². The van der Waals surface area contributed by atoms with Crippen LogP contribution in [0.2, 0.25) is 0 Å². The second-order valence-electron chi connectivity index (χ2n) is 5.56. The third-order valence-corrected chi connectivity index (χ3v) is 3.89. The molecule has 23 heavy (non-hydrogen) atoms. The third-order valence-electron chi connectivity index (χ3n) is 3.89. The van der Waals surface area contributed by atoms with Crippen LogP contribution in [0.25, 0.3) is 5.82 Å². The number of nitrogens with two attached hydrogens (primary N) is 1. The standard InChI is InChI=1S/C16H15FN6/c17-11-4-2-10(3-5-11)12-8-13(12)20-14-9-15(22-16(18)21-14)23-7-1-6-19-23/h1-7,9,12-13H,8H2,(H3,18,20,21,22)/t12-,13+/m0/s1. The number of nitrogen functional groups attached to an aromatic ring is 1. The van der Waals surface area contributed by atoms with Crippen molar-refractivity contribution in [2.75, 3.05) is 11.1 Å². The summed E-state index contributed by atoms with van der Waals surface area (Å²) in [5.41, 5.74) is 6.90. The van der Waals surface area contributed by atoms with Gasteiger partial charge in [-0.1, -0.05) is 12.1 Å². The van der Waals surface area contributed by atoms with Gasteiger partial charge in [-0.2, -0.15) is 15.1 Å². The number of hydrogen-bond acceptors (Lipinski definition) is 5. The summed E-state index contributed by atoms with van der Waals surface area (Å²) in [7, 11) is 0. The molecule has 0 radical (unpaired) electrons. The van der Waals surface area contributed by atoms with E-state index in [0.29, 0.717) is 17.6 Å². The molecule has 4 rings (SSSR count). The van der Waals surface area contributed by atoms with Gasteiger partial charge >= 0.3 is 0 Å². The van der Waals surface area contributed by atoms with Gasteiger partial charge in [0.1, 0.15) is 11.6 Å². The molecule has 1 aromatic carbocycles. The summed E-state index contributed by atoms with van der Waals surface area (Å²) >= 11 is 0. The maximum absolute atomic E-state index is 13.0. The van der Waals surface area contributed by atoms with E-state index in [9.17, 15) is 4.39 Å². The van der Waals surface area contributed by atoms with Crippen LogP contribution in [0.1, 0.15) is 17.9 Å². The highest BCUT2D eigenvalue weighted by Crippen LogP contribution is 2.42. The molecule has 1 fully saturated rings. The predicted octanol–water partition coefficient (Wildman–Crippen LogP) is 2.35. The normalized spacial score (nSPS) is 19.5. The van der Waals surface area contributed by atoms with Crippen molar-refractivity contribution < 1.29 is 4.39 Å². The van der Waals surface area contributed by atoms with E-state index in [1.54, 1.807) is 17.1 Å². The van der Waals surface area contributed by atoms with E-state index in [1.165, 1.54) is 12.1 Å². The molecule has 6 nitrogen and oxygen atoms in total. The first-order valence-corrected chi connectivity index (χ1v) is 7.35. The van der Waals surface area contributed by atoms with E-state index >= 15 is 0 Å². The van der Waals surface area contributed by atoms with E-state index in [1.807, 2.05) is 24.3 Å². The van der Waals surface area contributed by atoms with Crippen molar-refractivity contribution in [1.29, 1.82) is 0 Å². The Labute approximate surface area is 132 Å². The minimum Gasteiger partial charge on any atom is -0.368 e. The first kappa shape index (κ1) is 13.7. The predicted molar refractivity (Wildman–Crippen MR) is 84.7 cm³/mol. The van der Waals surface area contributed by atoms with Crippen LogP contribution in [0.3, 0.4) is 0 Å². The fourth-order valence-electron chi connectivity index (χ4n) is 2.67. The van der Waals surface area contributed by atoms with E-state index in [2.05, 4.69) is 20.4 Å². The van der Waals surface area contributed by atoms with Crippen molar-refractivity contribution in [3.8, 4) is 5.82 Å². The van der Waals surface area contributed by atoms with Crippen LogP contribution in [0.15, 0.2) is 48.8 Å². The molecular weight excluding hydrogens is 295 g/mol. The second-order valence-corrected chi connectivity index (χ2v) is 5.56. The highest BCUT2D eigenvalue weighted by atomic mass is 19.1. The Morgan fingerprint density at radius 2 is 2.04 bits per heavy atom. The highest BCUT2D eigenvalue weighted by Gasteiger charge is 2.38. The molecular formula is C16H15FN6. The van der Waals surface area contributed by atoms with Gasteiger partial charge in [0.05, 0.1) is 0 Å². The molecule has 116 valence electrons. The smallest absolute Gasteiger partial charge is 0.224 e. The zero-order chi connectivity index (χ0) is 15.8. The number of aromatic nitrogens is 4. The van der Waals surface area contributed by atoms with Gasteiger partial charge in [0.2, 0.25) is 5.95 Å². The Morgan fingerprint density at radius 1 is 1.22 bits per heavy atom. The summed E-state index contributed by atoms with van der Waals surface area (Å²) in [6.45, 7) is 0. The molecule has 2 aromatic heterocycles. The highest BCUT2D eigenvalue weighted by molar-refractivity contribution is 5.48. The van der Waals surface area contributed by atoms with Crippen LogP contribution >= 0.6 is 0 Å². The summed E-state index contributed by atoms with van der Waals surface area (Å²) in [4.78, 5) is 8.40. The van der Waals surface area contributed by atoms with Crippen molar-refractivity contribution in [3.05, 3.63) is 60.2 Å². The molecule has 1 aliphatic carbocycles. The molecule has 0 saturated heterocycles. The maximum Gasteiger partial charge on any atom is 0.224 e. The maximum atomic E-state index is 13.0. The quantitative estimate of drug-likeness (QED) is 0.773. The van der Waals surface area contributed by atoms with E-state index < -0.39 is 0 Å². The average molecular weight is 310 g/mol. The van der Waals surface area contributed by atoms with Crippen LogP contribution in [-0.2, 0) is 0 Å². The molecule has 0 aliphatic heterocycles. The summed E-state index contributed by atoms with van der Waals surface area (Å²) in [5.74, 6) is 1.62. The Hall–Kier alpha value is -2.96. The monoisotopic (exact) mass is 310 g/mol. The summed E-state index contributed by atoms with van der Waals surface area (Å²) in [6, 6.07) is 10.5. The van der Waals surface area contributed by atoms with Crippen LogP contribution in [0.5, 0.6) is 0 Å². The topological polar surface area (TPSA) is 81.6 Å². The van der Waals surface area contributed by atoms with Gasteiger partial charge in [0.15, 0.2) is 5.82 Å². The summed E-state index contributed by atoms with van der Waals surface area (Å²) < 4.78 is 14.6. The molecule has 2 heterocycles. The molecule has 3 aromatic rings. The molecule has 0 spiro atoms.